The molecule has 23 heavy (non-hydrogen) atoms. The summed E-state index contributed by atoms with van der Waals surface area (Å²) >= 11 is 0. The van der Waals surface area contributed by atoms with Crippen molar-refractivity contribution < 1.29 is 33.8 Å². The first kappa shape index (κ1) is 16.2. The molecule has 3 rings (SSSR count). The second-order valence-electron chi connectivity index (χ2n) is 4.92. The van der Waals surface area contributed by atoms with Crippen LogP contribution in [0.3, 0.4) is 0 Å². The molecule has 0 bridgehead atoms. The standard InChI is InChI=1S/C10H14N5O7P/c11-8-5-9(13-2-12-8)14-3-15(5)10-7(17)6(16)4(22-10)1-21-23(18,19)20/h2-4,6-7,10,16-17H,1H2,(H2,11,12,13)(H2,18,19,20). The highest BCUT2D eigenvalue weighted by atomic mass is 31.2. The quantitative estimate of drug-likeness (QED) is 0.390. The summed E-state index contributed by atoms with van der Waals surface area (Å²) in [6, 6.07) is 0. The molecule has 4 unspecified atom stereocenters. The van der Waals surface area contributed by atoms with Gasteiger partial charge in [0.1, 0.15) is 36.5 Å². The molecule has 2 aromatic rings. The summed E-state index contributed by atoms with van der Waals surface area (Å²) in [4.78, 5) is 29.1. The van der Waals surface area contributed by atoms with Crippen molar-refractivity contribution >= 4 is 24.8 Å². The number of nitrogens with two attached hydrogens (primary N) is 1. The van der Waals surface area contributed by atoms with Gasteiger partial charge >= 0.3 is 7.82 Å². The summed E-state index contributed by atoms with van der Waals surface area (Å²) in [6.45, 7) is -0.600. The predicted octanol–water partition coefficient (Wildman–Crippen LogP) is -1.86. The third-order valence-electron chi connectivity index (χ3n) is 3.41. The third-order valence-corrected chi connectivity index (χ3v) is 3.90. The topological polar surface area (TPSA) is 186 Å². The van der Waals surface area contributed by atoms with E-state index in [9.17, 15) is 14.8 Å². The van der Waals surface area contributed by atoms with E-state index >= 15 is 0 Å². The van der Waals surface area contributed by atoms with Crippen molar-refractivity contribution in [2.75, 3.05) is 12.3 Å². The van der Waals surface area contributed by atoms with E-state index in [1.54, 1.807) is 0 Å². The highest BCUT2D eigenvalue weighted by Gasteiger charge is 2.45. The zero-order valence-electron chi connectivity index (χ0n) is 11.5. The van der Waals surface area contributed by atoms with Crippen LogP contribution in [0.5, 0.6) is 0 Å². The van der Waals surface area contributed by atoms with Gasteiger partial charge in [-0.05, 0) is 0 Å². The van der Waals surface area contributed by atoms with Crippen molar-refractivity contribution in [2.24, 2.45) is 0 Å². The monoisotopic (exact) mass is 347 g/mol. The molecule has 0 radical (unpaired) electrons. The van der Waals surface area contributed by atoms with Crippen LogP contribution in [-0.4, -0.2) is 64.4 Å². The Morgan fingerprint density at radius 3 is 2.74 bits per heavy atom. The second kappa shape index (κ2) is 5.76. The molecule has 0 amide bonds. The van der Waals surface area contributed by atoms with Crippen LogP contribution >= 0.6 is 7.82 Å². The van der Waals surface area contributed by atoms with Gasteiger partial charge in [0.2, 0.25) is 0 Å². The molecule has 0 aromatic carbocycles. The predicted molar refractivity (Wildman–Crippen MR) is 73.7 cm³/mol. The lowest BCUT2D eigenvalue weighted by atomic mass is 10.1. The van der Waals surface area contributed by atoms with E-state index in [2.05, 4.69) is 19.5 Å². The fraction of sp³-hybridized carbons (Fsp3) is 0.500. The number of aliphatic hydroxyl groups excluding tert-OH is 2. The van der Waals surface area contributed by atoms with Gasteiger partial charge < -0.3 is 30.5 Å². The van der Waals surface area contributed by atoms with E-state index < -0.39 is 39.0 Å². The van der Waals surface area contributed by atoms with Crippen molar-refractivity contribution in [2.45, 2.75) is 24.5 Å². The molecule has 0 spiro atoms. The molecule has 4 atom stereocenters. The molecule has 13 heteroatoms. The first-order valence-electron chi connectivity index (χ1n) is 6.42. The van der Waals surface area contributed by atoms with Gasteiger partial charge in [-0.15, -0.1) is 0 Å². The summed E-state index contributed by atoms with van der Waals surface area (Å²) in [5, 5.41) is 20.1. The fourth-order valence-electron chi connectivity index (χ4n) is 2.36. The highest BCUT2D eigenvalue weighted by molar-refractivity contribution is 7.46. The lowest BCUT2D eigenvalue weighted by Crippen LogP contribution is -2.33. The number of rotatable bonds is 4. The number of nitrogens with zero attached hydrogens (tertiary/aromatic N) is 4. The summed E-state index contributed by atoms with van der Waals surface area (Å²) in [7, 11) is -4.72. The number of phosphoric ester groups is 1. The molecule has 1 aliphatic heterocycles. The number of nitrogen functional groups attached to an aromatic ring is 1. The number of aliphatic hydroxyl groups is 2. The van der Waals surface area contributed by atoms with Crippen LogP contribution in [0.25, 0.3) is 11.2 Å². The normalized spacial score (nSPS) is 28.5. The van der Waals surface area contributed by atoms with Crippen molar-refractivity contribution in [1.82, 2.24) is 19.5 Å². The SMILES string of the molecule is Nc1ncnc2ncn(C3OC(COP(=O)(O)O)C(O)C3O)c12. The molecule has 3 heterocycles. The number of imidazole rings is 1. The van der Waals surface area contributed by atoms with Gasteiger partial charge in [0.05, 0.1) is 6.61 Å². The molecule has 12 nitrogen and oxygen atoms in total. The van der Waals surface area contributed by atoms with Gasteiger partial charge in [-0.2, -0.15) is 0 Å². The molecule has 1 fully saturated rings. The molecular weight excluding hydrogens is 333 g/mol. The first-order chi connectivity index (χ1) is 10.8. The van der Waals surface area contributed by atoms with Crippen LogP contribution in [0.4, 0.5) is 5.82 Å². The number of hydrogen-bond donors (Lipinski definition) is 5. The number of hydrogen-bond acceptors (Lipinski definition) is 9. The highest BCUT2D eigenvalue weighted by Crippen LogP contribution is 2.39. The molecule has 2 aromatic heterocycles. The lowest BCUT2D eigenvalue weighted by Gasteiger charge is -2.17. The van der Waals surface area contributed by atoms with E-state index in [0.29, 0.717) is 5.52 Å². The Labute approximate surface area is 128 Å². The maximum Gasteiger partial charge on any atom is 0.469 e. The Morgan fingerprint density at radius 2 is 2.04 bits per heavy atom. The van der Waals surface area contributed by atoms with Crippen LogP contribution in [-0.2, 0) is 13.8 Å². The van der Waals surface area contributed by atoms with E-state index in [1.165, 1.54) is 17.2 Å². The lowest BCUT2D eigenvalue weighted by molar-refractivity contribution is -0.0501. The molecule has 0 saturated carbocycles. The molecule has 126 valence electrons. The van der Waals surface area contributed by atoms with Gasteiger partial charge in [0, 0.05) is 0 Å². The van der Waals surface area contributed by atoms with Crippen molar-refractivity contribution in [3.05, 3.63) is 12.7 Å². The summed E-state index contributed by atoms with van der Waals surface area (Å²) < 4.78 is 21.8. The van der Waals surface area contributed by atoms with E-state index in [-0.39, 0.29) is 11.5 Å². The number of ether oxygens (including phenoxy) is 1. The van der Waals surface area contributed by atoms with Crippen molar-refractivity contribution in [3.63, 3.8) is 0 Å². The zero-order valence-corrected chi connectivity index (χ0v) is 12.4. The van der Waals surface area contributed by atoms with Crippen LogP contribution in [0.2, 0.25) is 0 Å². The van der Waals surface area contributed by atoms with Gasteiger partial charge in [-0.25, -0.2) is 19.5 Å². The van der Waals surface area contributed by atoms with Crippen LogP contribution in [0.1, 0.15) is 6.23 Å². The van der Waals surface area contributed by atoms with Gasteiger partial charge in [-0.3, -0.25) is 9.09 Å². The van der Waals surface area contributed by atoms with Gasteiger partial charge in [0.25, 0.3) is 0 Å². The zero-order chi connectivity index (χ0) is 16.8. The Morgan fingerprint density at radius 1 is 1.30 bits per heavy atom. The molecule has 1 aliphatic rings. The maximum absolute atomic E-state index is 10.7. The minimum Gasteiger partial charge on any atom is -0.387 e. The van der Waals surface area contributed by atoms with Crippen molar-refractivity contribution in [3.8, 4) is 0 Å². The number of anilines is 1. The molecule has 1 saturated heterocycles. The van der Waals surface area contributed by atoms with Crippen LogP contribution in [0.15, 0.2) is 12.7 Å². The Balaban J connectivity index is 1.87. The van der Waals surface area contributed by atoms with Crippen molar-refractivity contribution in [1.29, 1.82) is 0 Å². The van der Waals surface area contributed by atoms with Crippen LogP contribution < -0.4 is 5.73 Å². The molecule has 6 N–H and O–H groups in total. The number of fused-ring (bicyclic) bond motifs is 1. The van der Waals surface area contributed by atoms with Crippen LogP contribution in [0, 0.1) is 0 Å². The molecule has 0 aliphatic carbocycles. The minimum atomic E-state index is -4.72. The average molecular weight is 347 g/mol. The Hall–Kier alpha value is -1.66. The van der Waals surface area contributed by atoms with Gasteiger partial charge in [-0.1, -0.05) is 0 Å². The Bertz CT molecular complexity index is 763. The van der Waals surface area contributed by atoms with E-state index in [1.807, 2.05) is 0 Å². The number of phosphoric acid groups is 1. The average Bonchev–Trinajstić information content (AvgIpc) is 3.01. The summed E-state index contributed by atoms with van der Waals surface area (Å²) in [5.41, 5.74) is 6.34. The van der Waals surface area contributed by atoms with E-state index in [4.69, 9.17) is 20.3 Å². The second-order valence-corrected chi connectivity index (χ2v) is 6.15. The Kier molecular flexibility index (Phi) is 4.06. The smallest absolute Gasteiger partial charge is 0.387 e. The largest absolute Gasteiger partial charge is 0.469 e. The van der Waals surface area contributed by atoms with Gasteiger partial charge in [0.15, 0.2) is 17.7 Å². The summed E-state index contributed by atoms with van der Waals surface area (Å²) in [6.07, 6.45) is -2.51. The maximum atomic E-state index is 10.7. The summed E-state index contributed by atoms with van der Waals surface area (Å²) in [5.74, 6) is 0.104. The fourth-order valence-corrected chi connectivity index (χ4v) is 2.70. The first-order valence-corrected chi connectivity index (χ1v) is 7.95. The minimum absolute atomic E-state index is 0.104. The van der Waals surface area contributed by atoms with E-state index in [0.717, 1.165) is 0 Å². The molecular formula is C10H14N5O7P. The number of aromatic nitrogens is 4. The third kappa shape index (κ3) is 3.05.